The number of hydrogen-bond acceptors (Lipinski definition) is 2. The third-order valence-corrected chi connectivity index (χ3v) is 13.4. The monoisotopic (exact) mass is 550 g/mol. The highest BCUT2D eigenvalue weighted by Crippen LogP contribution is 2.51. The first-order chi connectivity index (χ1) is 17.4. The molecule has 1 aliphatic carbocycles. The average molecular weight is 551 g/mol. The van der Waals surface area contributed by atoms with Gasteiger partial charge in [0.15, 0.2) is 0 Å². The summed E-state index contributed by atoms with van der Waals surface area (Å²) in [7, 11) is 1.06. The summed E-state index contributed by atoms with van der Waals surface area (Å²) in [4.78, 5) is 0. The maximum Gasteiger partial charge on any atom is 0.0720 e. The molecule has 0 aromatic rings. The number of rotatable bonds is 20. The van der Waals surface area contributed by atoms with Gasteiger partial charge in [0.05, 0.1) is 29.4 Å². The van der Waals surface area contributed by atoms with Crippen molar-refractivity contribution in [2.45, 2.75) is 143 Å². The van der Waals surface area contributed by atoms with Gasteiger partial charge in [-0.05, 0) is 63.2 Å². The lowest BCUT2D eigenvalue weighted by molar-refractivity contribution is 0.0104. The van der Waals surface area contributed by atoms with E-state index < -0.39 is 16.1 Å². The molecule has 0 heterocycles. The molecule has 1 rings (SSSR count). The Kier molecular flexibility index (Phi) is 16.5. The van der Waals surface area contributed by atoms with Crippen LogP contribution in [0, 0.1) is 17.3 Å². The van der Waals surface area contributed by atoms with Crippen molar-refractivity contribution in [1.82, 2.24) is 0 Å². The molecule has 0 N–H and O–H groups in total. The van der Waals surface area contributed by atoms with Gasteiger partial charge in [-0.3, -0.25) is 0 Å². The van der Waals surface area contributed by atoms with Gasteiger partial charge in [0.2, 0.25) is 0 Å². The summed E-state index contributed by atoms with van der Waals surface area (Å²) in [6.45, 7) is 21.7. The largest absolute Gasteiger partial charge is 0.384 e. The van der Waals surface area contributed by atoms with Crippen molar-refractivity contribution >= 4 is 16.1 Å². The number of methoxy groups -OCH3 is 2. The molecule has 0 aromatic carbocycles. The molecule has 0 spiro atoms. The van der Waals surface area contributed by atoms with Crippen LogP contribution in [-0.4, -0.2) is 43.6 Å². The summed E-state index contributed by atoms with van der Waals surface area (Å²) < 4.78 is 11.7. The molecule has 2 nitrogen and oxygen atoms in total. The fourth-order valence-electron chi connectivity index (χ4n) is 6.55. The minimum absolute atomic E-state index is 0.177. The Labute approximate surface area is 235 Å². The zero-order chi connectivity index (χ0) is 28.0. The number of allylic oxidation sites excluding steroid dienone is 4. The van der Waals surface area contributed by atoms with Gasteiger partial charge < -0.3 is 9.47 Å². The second-order valence-electron chi connectivity index (χ2n) is 14.4. The number of unbranched alkanes of at least 4 members (excludes halogenated alkanes) is 8. The zero-order valence-electron chi connectivity index (χ0n) is 26.9. The molecule has 1 fully saturated rings. The van der Waals surface area contributed by atoms with Gasteiger partial charge >= 0.3 is 0 Å². The van der Waals surface area contributed by atoms with Crippen molar-refractivity contribution in [2.24, 2.45) is 17.3 Å². The van der Waals surface area contributed by atoms with Gasteiger partial charge in [0, 0.05) is 19.6 Å². The van der Waals surface area contributed by atoms with Crippen LogP contribution in [0.4, 0.5) is 0 Å². The molecule has 218 valence electrons. The van der Waals surface area contributed by atoms with Crippen molar-refractivity contribution in [3.63, 3.8) is 0 Å². The molecular formula is C33H66O2Si2. The second kappa shape index (κ2) is 17.5. The molecule has 0 radical (unpaired) electrons. The van der Waals surface area contributed by atoms with Gasteiger partial charge in [-0.1, -0.05) is 114 Å². The Morgan fingerprint density at radius 1 is 0.649 bits per heavy atom. The predicted octanol–water partition coefficient (Wildman–Crippen LogP) is 10.6. The van der Waals surface area contributed by atoms with E-state index in [1.807, 2.05) is 24.6 Å². The summed E-state index contributed by atoms with van der Waals surface area (Å²) in [5.74, 6) is 1.50. The average Bonchev–Trinajstić information content (AvgIpc) is 3.12. The molecule has 37 heavy (non-hydrogen) atoms. The quantitative estimate of drug-likeness (QED) is 0.111. The summed E-state index contributed by atoms with van der Waals surface area (Å²) in [6.07, 6.45) is 23.9. The minimum Gasteiger partial charge on any atom is -0.384 e. The summed E-state index contributed by atoms with van der Waals surface area (Å²) in [6, 6.07) is 0. The molecule has 0 amide bonds. The van der Waals surface area contributed by atoms with Crippen LogP contribution in [0.5, 0.6) is 0 Å². The van der Waals surface area contributed by atoms with Gasteiger partial charge in [0.25, 0.3) is 0 Å². The van der Waals surface area contributed by atoms with Crippen LogP contribution in [0.2, 0.25) is 39.3 Å². The number of hydrogen-bond donors (Lipinski definition) is 0. The van der Waals surface area contributed by atoms with Crippen molar-refractivity contribution < 1.29 is 9.47 Å². The van der Waals surface area contributed by atoms with E-state index >= 15 is 0 Å². The zero-order valence-corrected chi connectivity index (χ0v) is 28.9. The molecule has 0 unspecified atom stereocenters. The van der Waals surface area contributed by atoms with Crippen molar-refractivity contribution in [3.05, 3.63) is 22.5 Å². The molecular weight excluding hydrogens is 485 g/mol. The third-order valence-electron chi connectivity index (χ3n) is 8.75. The molecule has 0 bridgehead atoms. The first-order valence-corrected chi connectivity index (χ1v) is 22.8. The van der Waals surface area contributed by atoms with Crippen LogP contribution in [0.15, 0.2) is 22.5 Å². The van der Waals surface area contributed by atoms with E-state index in [-0.39, 0.29) is 5.41 Å². The lowest BCUT2D eigenvalue weighted by Gasteiger charge is -2.30. The van der Waals surface area contributed by atoms with Crippen LogP contribution < -0.4 is 0 Å². The second-order valence-corrected chi connectivity index (χ2v) is 24.6. The first-order valence-electron chi connectivity index (χ1n) is 15.8. The minimum atomic E-state index is -1.35. The third kappa shape index (κ3) is 13.2. The topological polar surface area (TPSA) is 18.5 Å². The fourth-order valence-corrected chi connectivity index (χ4v) is 9.81. The maximum atomic E-state index is 5.84. The fraction of sp³-hybridized carbons (Fsp3) is 0.879. The van der Waals surface area contributed by atoms with E-state index in [0.29, 0.717) is 0 Å². The van der Waals surface area contributed by atoms with Crippen LogP contribution in [0.25, 0.3) is 0 Å². The first kappa shape index (κ1) is 34.9. The molecule has 1 aliphatic rings. The highest BCUT2D eigenvalue weighted by Gasteiger charge is 2.46. The highest BCUT2D eigenvalue weighted by atomic mass is 28.3. The van der Waals surface area contributed by atoms with Crippen LogP contribution in [-0.2, 0) is 9.47 Å². The lowest BCUT2D eigenvalue weighted by atomic mass is 9.86. The molecule has 1 saturated carbocycles. The summed E-state index contributed by atoms with van der Waals surface area (Å²) >= 11 is 0. The van der Waals surface area contributed by atoms with Gasteiger partial charge in [-0.25, -0.2) is 0 Å². The maximum absolute atomic E-state index is 5.84. The van der Waals surface area contributed by atoms with Crippen molar-refractivity contribution in [1.29, 1.82) is 0 Å². The Morgan fingerprint density at radius 3 is 1.32 bits per heavy atom. The Balaban J connectivity index is 3.20. The Morgan fingerprint density at radius 2 is 1.03 bits per heavy atom. The van der Waals surface area contributed by atoms with Gasteiger partial charge in [-0.15, -0.1) is 0 Å². The molecule has 0 aliphatic heterocycles. The van der Waals surface area contributed by atoms with E-state index in [4.69, 9.17) is 9.47 Å². The summed E-state index contributed by atoms with van der Waals surface area (Å²) in [5.41, 5.74) is 0.177. The molecule has 4 heteroatoms. The molecule has 0 saturated heterocycles. The van der Waals surface area contributed by atoms with Crippen LogP contribution >= 0.6 is 0 Å². The normalized spacial score (nSPS) is 21.1. The van der Waals surface area contributed by atoms with E-state index in [0.717, 1.165) is 25.0 Å². The van der Waals surface area contributed by atoms with Crippen LogP contribution in [0.1, 0.15) is 104 Å². The van der Waals surface area contributed by atoms with E-state index in [1.165, 1.54) is 89.9 Å². The van der Waals surface area contributed by atoms with Gasteiger partial charge in [-0.2, -0.15) is 0 Å². The number of ether oxygens (including phenoxy) is 2. The van der Waals surface area contributed by atoms with Gasteiger partial charge in [0.1, 0.15) is 0 Å². The van der Waals surface area contributed by atoms with Crippen molar-refractivity contribution in [3.8, 4) is 0 Å². The van der Waals surface area contributed by atoms with E-state index in [2.05, 4.69) is 65.3 Å². The van der Waals surface area contributed by atoms with Crippen molar-refractivity contribution in [2.75, 3.05) is 27.4 Å². The SMILES string of the molecule is CCCCCC/C=C(/C[C@@H]1CC(COC)(COC)C[C@H]1C/C(=C/CCCCCC)[Si](C)(C)C)[Si](C)(C)C. The van der Waals surface area contributed by atoms with Crippen LogP contribution in [0.3, 0.4) is 0 Å². The standard InChI is InChI=1S/C33H66O2Si2/c1-11-13-15-17-19-21-31(36(5,6)7)23-29-25-33(27-34-3,28-35-4)26-30(29)24-32(37(8,9)10)22-20-18-16-14-12-2/h21-22,29-30H,11-20,23-28H2,1-10H3/b31-21-,32-22-/t29-,30-/m1/s1. The van der Waals surface area contributed by atoms with E-state index in [9.17, 15) is 0 Å². The smallest absolute Gasteiger partial charge is 0.0720 e. The van der Waals surface area contributed by atoms with E-state index in [1.54, 1.807) is 0 Å². The Hall–Kier alpha value is -0.166. The summed E-state index contributed by atoms with van der Waals surface area (Å²) in [5, 5.41) is 3.64. The molecule has 0 aromatic heterocycles. The predicted molar refractivity (Wildman–Crippen MR) is 172 cm³/mol. The highest BCUT2D eigenvalue weighted by molar-refractivity contribution is 6.83. The molecule has 2 atom stereocenters. The Bertz CT molecular complexity index is 611. The lowest BCUT2D eigenvalue weighted by Crippen LogP contribution is -2.30.